The lowest BCUT2D eigenvalue weighted by Crippen LogP contribution is -2.36. The predicted molar refractivity (Wildman–Crippen MR) is 93.2 cm³/mol. The second-order valence-corrected chi connectivity index (χ2v) is 5.89. The monoisotopic (exact) mass is 384 g/mol. The Labute approximate surface area is 153 Å². The van der Waals surface area contributed by atoms with Crippen molar-refractivity contribution in [2.75, 3.05) is 0 Å². The van der Waals surface area contributed by atoms with Gasteiger partial charge < -0.3 is 15.2 Å². The van der Waals surface area contributed by atoms with Crippen LogP contribution in [0, 0.1) is 10.1 Å². The summed E-state index contributed by atoms with van der Waals surface area (Å²) in [5, 5.41) is 23.5. The molecule has 2 aromatic carbocycles. The molecule has 0 aliphatic heterocycles. The van der Waals surface area contributed by atoms with Gasteiger partial charge in [-0.05, 0) is 25.1 Å². The third-order valence-corrected chi connectivity index (χ3v) is 4.12. The molecule has 1 unspecified atom stereocenters. The number of phenols is 1. The summed E-state index contributed by atoms with van der Waals surface area (Å²) >= 11 is 11.9. The van der Waals surface area contributed by atoms with Crippen LogP contribution in [0.15, 0.2) is 36.4 Å². The Kier molecular flexibility index (Phi) is 6.06. The lowest BCUT2D eigenvalue weighted by atomic mass is 10.1. The van der Waals surface area contributed by atoms with Crippen LogP contribution >= 0.6 is 23.2 Å². The summed E-state index contributed by atoms with van der Waals surface area (Å²) in [5.74, 6) is -0.380. The van der Waals surface area contributed by atoms with Gasteiger partial charge in [-0.1, -0.05) is 29.3 Å². The summed E-state index contributed by atoms with van der Waals surface area (Å²) in [6.45, 7) is 1.42. The van der Waals surface area contributed by atoms with Crippen LogP contribution < -0.4 is 10.1 Å². The number of benzene rings is 2. The van der Waals surface area contributed by atoms with Crippen molar-refractivity contribution in [1.29, 1.82) is 0 Å². The molecule has 0 bridgehead atoms. The van der Waals surface area contributed by atoms with E-state index in [1.807, 2.05) is 0 Å². The molecule has 0 saturated heterocycles. The normalized spacial score (nSPS) is 11.6. The highest BCUT2D eigenvalue weighted by molar-refractivity contribution is 6.42. The van der Waals surface area contributed by atoms with E-state index >= 15 is 0 Å². The maximum absolute atomic E-state index is 12.1. The zero-order chi connectivity index (χ0) is 18.6. The van der Waals surface area contributed by atoms with Crippen molar-refractivity contribution in [3.05, 3.63) is 62.1 Å². The molecule has 0 aliphatic rings. The molecule has 0 fully saturated rings. The van der Waals surface area contributed by atoms with Crippen molar-refractivity contribution < 1.29 is 19.6 Å². The van der Waals surface area contributed by atoms with Gasteiger partial charge in [0.2, 0.25) is 0 Å². The van der Waals surface area contributed by atoms with Crippen LogP contribution in [0.25, 0.3) is 0 Å². The Morgan fingerprint density at radius 3 is 2.76 bits per heavy atom. The van der Waals surface area contributed by atoms with Gasteiger partial charge in [0.05, 0.1) is 9.95 Å². The third kappa shape index (κ3) is 4.74. The van der Waals surface area contributed by atoms with Crippen molar-refractivity contribution >= 4 is 34.8 Å². The third-order valence-electron chi connectivity index (χ3n) is 3.32. The lowest BCUT2D eigenvalue weighted by molar-refractivity contribution is -0.384. The number of hydrogen-bond acceptors (Lipinski definition) is 5. The quantitative estimate of drug-likeness (QED) is 0.583. The zero-order valence-corrected chi connectivity index (χ0v) is 14.5. The Balaban J connectivity index is 2.01. The average Bonchev–Trinajstić information content (AvgIpc) is 2.57. The van der Waals surface area contributed by atoms with Crippen LogP contribution in [0.1, 0.15) is 12.5 Å². The maximum Gasteiger partial charge on any atom is 0.270 e. The van der Waals surface area contributed by atoms with Crippen LogP contribution in [0.2, 0.25) is 10.0 Å². The number of non-ortho nitro benzene ring substituents is 1. The van der Waals surface area contributed by atoms with Gasteiger partial charge in [-0.15, -0.1) is 0 Å². The number of nitrogens with zero attached hydrogens (tertiary/aromatic N) is 1. The Hall–Kier alpha value is -2.51. The van der Waals surface area contributed by atoms with E-state index in [9.17, 15) is 20.0 Å². The van der Waals surface area contributed by atoms with Gasteiger partial charge in [0, 0.05) is 24.2 Å². The van der Waals surface area contributed by atoms with Crippen LogP contribution in [0.5, 0.6) is 11.5 Å². The first kappa shape index (κ1) is 18.8. The molecule has 9 heteroatoms. The van der Waals surface area contributed by atoms with Gasteiger partial charge in [0.15, 0.2) is 6.10 Å². The molecule has 132 valence electrons. The smallest absolute Gasteiger partial charge is 0.270 e. The minimum absolute atomic E-state index is 0.0939. The highest BCUT2D eigenvalue weighted by Gasteiger charge is 2.18. The van der Waals surface area contributed by atoms with Crippen molar-refractivity contribution in [1.82, 2.24) is 5.32 Å². The standard InChI is InChI=1S/C16H14Cl2N2O5/c1-9(25-14-4-2-3-12(17)15(14)18)16(22)19-8-10-7-11(20(23)24)5-6-13(10)21/h2-7,9,21H,8H2,1H3,(H,19,22). The van der Waals surface area contributed by atoms with Gasteiger partial charge in [0.25, 0.3) is 11.6 Å². The molecule has 7 nitrogen and oxygen atoms in total. The molecule has 0 heterocycles. The molecule has 1 atom stereocenters. The van der Waals surface area contributed by atoms with Gasteiger partial charge in [-0.2, -0.15) is 0 Å². The molecule has 2 rings (SSSR count). The average molecular weight is 385 g/mol. The highest BCUT2D eigenvalue weighted by Crippen LogP contribution is 2.32. The van der Waals surface area contributed by atoms with Gasteiger partial charge in [0.1, 0.15) is 16.5 Å². The largest absolute Gasteiger partial charge is 0.508 e. The molecule has 0 aromatic heterocycles. The van der Waals surface area contributed by atoms with E-state index in [1.165, 1.54) is 25.1 Å². The second kappa shape index (κ2) is 8.04. The highest BCUT2D eigenvalue weighted by atomic mass is 35.5. The fourth-order valence-corrected chi connectivity index (χ4v) is 2.31. The Bertz CT molecular complexity index is 813. The number of rotatable bonds is 6. The predicted octanol–water partition coefficient (Wildman–Crippen LogP) is 3.69. The minimum Gasteiger partial charge on any atom is -0.508 e. The van der Waals surface area contributed by atoms with Gasteiger partial charge >= 0.3 is 0 Å². The number of carbonyl (C=O) groups is 1. The molecule has 25 heavy (non-hydrogen) atoms. The maximum atomic E-state index is 12.1. The van der Waals surface area contributed by atoms with Crippen molar-refractivity contribution in [2.45, 2.75) is 19.6 Å². The Morgan fingerprint density at radius 2 is 2.08 bits per heavy atom. The van der Waals surface area contributed by atoms with Crippen molar-refractivity contribution in [3.8, 4) is 11.5 Å². The molecule has 1 amide bonds. The summed E-state index contributed by atoms with van der Waals surface area (Å²) in [4.78, 5) is 22.3. The van der Waals surface area contributed by atoms with Crippen LogP contribution in [-0.4, -0.2) is 22.0 Å². The molecule has 0 spiro atoms. The van der Waals surface area contributed by atoms with Crippen LogP contribution in [0.4, 0.5) is 5.69 Å². The van der Waals surface area contributed by atoms with Gasteiger partial charge in [-0.25, -0.2) is 0 Å². The minimum atomic E-state index is -0.892. The molecule has 0 saturated carbocycles. The number of amides is 1. The lowest BCUT2D eigenvalue weighted by Gasteiger charge is -2.16. The van der Waals surface area contributed by atoms with Crippen molar-refractivity contribution in [3.63, 3.8) is 0 Å². The molecule has 2 N–H and O–H groups in total. The number of hydrogen-bond donors (Lipinski definition) is 2. The number of aromatic hydroxyl groups is 1. The first-order chi connectivity index (χ1) is 11.8. The number of ether oxygens (including phenoxy) is 1. The molecular weight excluding hydrogens is 371 g/mol. The number of nitro groups is 1. The van der Waals surface area contributed by atoms with E-state index in [0.29, 0.717) is 5.02 Å². The van der Waals surface area contributed by atoms with E-state index in [2.05, 4.69) is 5.32 Å². The number of nitrogens with one attached hydrogen (secondary N) is 1. The summed E-state index contributed by atoms with van der Waals surface area (Å²) < 4.78 is 5.47. The number of nitro benzene ring substituents is 1. The number of carbonyl (C=O) groups excluding carboxylic acids is 1. The summed E-state index contributed by atoms with van der Waals surface area (Å²) in [6.07, 6.45) is -0.892. The first-order valence-electron chi connectivity index (χ1n) is 7.14. The summed E-state index contributed by atoms with van der Waals surface area (Å²) in [7, 11) is 0. The van der Waals surface area contributed by atoms with Crippen LogP contribution in [-0.2, 0) is 11.3 Å². The topological polar surface area (TPSA) is 102 Å². The van der Waals surface area contributed by atoms with Crippen LogP contribution in [0.3, 0.4) is 0 Å². The SMILES string of the molecule is CC(Oc1cccc(Cl)c1Cl)C(=O)NCc1cc([N+](=O)[O-])ccc1O. The summed E-state index contributed by atoms with van der Waals surface area (Å²) in [5.41, 5.74) is 0.0348. The molecular formula is C16H14Cl2N2O5. The second-order valence-electron chi connectivity index (χ2n) is 5.10. The number of halogens is 2. The first-order valence-corrected chi connectivity index (χ1v) is 7.90. The fraction of sp³-hybridized carbons (Fsp3) is 0.188. The summed E-state index contributed by atoms with van der Waals surface area (Å²) in [6, 6.07) is 8.36. The van der Waals surface area contributed by atoms with Crippen molar-refractivity contribution in [2.24, 2.45) is 0 Å². The Morgan fingerprint density at radius 1 is 1.36 bits per heavy atom. The fourth-order valence-electron chi connectivity index (χ4n) is 1.97. The van der Waals surface area contributed by atoms with E-state index in [4.69, 9.17) is 27.9 Å². The molecule has 2 aromatic rings. The van der Waals surface area contributed by atoms with E-state index < -0.39 is 16.9 Å². The van der Waals surface area contributed by atoms with Gasteiger partial charge in [-0.3, -0.25) is 14.9 Å². The molecule has 0 aliphatic carbocycles. The molecule has 0 radical (unpaired) electrons. The van der Waals surface area contributed by atoms with E-state index in [1.54, 1.807) is 18.2 Å². The van der Waals surface area contributed by atoms with E-state index in [-0.39, 0.29) is 34.3 Å². The zero-order valence-electron chi connectivity index (χ0n) is 13.0. The van der Waals surface area contributed by atoms with E-state index in [0.717, 1.165) is 0 Å². The number of phenolic OH excluding ortho intramolecular Hbond substituents is 1.